The van der Waals surface area contributed by atoms with Crippen molar-refractivity contribution in [1.82, 2.24) is 20.4 Å². The third-order valence-corrected chi connectivity index (χ3v) is 4.87. The van der Waals surface area contributed by atoms with Gasteiger partial charge in [0.2, 0.25) is 11.8 Å². The Hall–Kier alpha value is -3.67. The van der Waals surface area contributed by atoms with Crippen molar-refractivity contribution in [2.75, 3.05) is 0 Å². The molecule has 6 nitrogen and oxygen atoms in total. The summed E-state index contributed by atoms with van der Waals surface area (Å²) in [5.74, 6) is -0.538. The molecule has 0 spiro atoms. The van der Waals surface area contributed by atoms with Crippen molar-refractivity contribution in [3.63, 3.8) is 0 Å². The topological polar surface area (TPSA) is 76.0 Å². The average molecular weight is 417 g/mol. The number of rotatable bonds is 8. The second-order valence-electron chi connectivity index (χ2n) is 7.60. The van der Waals surface area contributed by atoms with E-state index in [0.29, 0.717) is 13.1 Å². The second kappa shape index (κ2) is 10.4. The van der Waals surface area contributed by atoms with E-state index in [0.717, 1.165) is 28.1 Å². The van der Waals surface area contributed by atoms with Crippen LogP contribution in [0.15, 0.2) is 66.7 Å². The molecule has 2 aromatic carbocycles. The number of hydrogen-bond donors (Lipinski definition) is 2. The molecule has 1 heterocycles. The van der Waals surface area contributed by atoms with E-state index >= 15 is 0 Å². The third-order valence-electron chi connectivity index (χ3n) is 4.87. The van der Waals surface area contributed by atoms with Crippen LogP contribution >= 0.6 is 0 Å². The highest BCUT2D eigenvalue weighted by Crippen LogP contribution is 2.10. The van der Waals surface area contributed by atoms with Gasteiger partial charge in [-0.1, -0.05) is 54.6 Å². The molecular formula is C25H28N4O2. The predicted molar refractivity (Wildman–Crippen MR) is 122 cm³/mol. The highest BCUT2D eigenvalue weighted by molar-refractivity contribution is 5.95. The van der Waals surface area contributed by atoms with E-state index in [1.54, 1.807) is 13.0 Å². The minimum atomic E-state index is -0.634. The van der Waals surface area contributed by atoms with Crippen LogP contribution in [0, 0.1) is 13.8 Å². The number of aromatic nitrogens is 2. The zero-order chi connectivity index (χ0) is 22.2. The molecule has 0 aliphatic heterocycles. The first-order valence-electron chi connectivity index (χ1n) is 10.3. The zero-order valence-electron chi connectivity index (χ0n) is 18.1. The summed E-state index contributed by atoms with van der Waals surface area (Å²) in [6.45, 7) is 6.76. The lowest BCUT2D eigenvalue weighted by molar-refractivity contribution is -0.126. The van der Waals surface area contributed by atoms with Gasteiger partial charge < -0.3 is 10.6 Å². The summed E-state index contributed by atoms with van der Waals surface area (Å²) in [4.78, 5) is 24.5. The van der Waals surface area contributed by atoms with E-state index in [9.17, 15) is 9.59 Å². The van der Waals surface area contributed by atoms with Crippen molar-refractivity contribution in [2.45, 2.75) is 39.9 Å². The lowest BCUT2D eigenvalue weighted by atomic mass is 10.1. The Balaban J connectivity index is 1.50. The van der Waals surface area contributed by atoms with Gasteiger partial charge >= 0.3 is 0 Å². The van der Waals surface area contributed by atoms with Gasteiger partial charge in [-0.15, -0.1) is 0 Å². The highest BCUT2D eigenvalue weighted by Gasteiger charge is 2.14. The molecule has 6 heteroatoms. The summed E-state index contributed by atoms with van der Waals surface area (Å²) >= 11 is 0. The van der Waals surface area contributed by atoms with Crippen LogP contribution in [0.4, 0.5) is 0 Å². The quantitative estimate of drug-likeness (QED) is 0.553. The zero-order valence-corrected chi connectivity index (χ0v) is 18.1. The van der Waals surface area contributed by atoms with Crippen molar-refractivity contribution < 1.29 is 9.59 Å². The average Bonchev–Trinajstić information content (AvgIpc) is 3.08. The SMILES string of the molecule is Cc1cc(C)n(Cc2cccc(CNC(=O)C(C)NC(=O)/C=C/c3ccccc3)c2)n1. The fourth-order valence-electron chi connectivity index (χ4n) is 3.25. The largest absolute Gasteiger partial charge is 0.350 e. The second-order valence-corrected chi connectivity index (χ2v) is 7.60. The Morgan fingerprint density at radius 1 is 1.03 bits per heavy atom. The van der Waals surface area contributed by atoms with E-state index < -0.39 is 6.04 Å². The smallest absolute Gasteiger partial charge is 0.244 e. The van der Waals surface area contributed by atoms with Crippen LogP contribution in [0.2, 0.25) is 0 Å². The molecule has 0 aliphatic carbocycles. The maximum atomic E-state index is 12.4. The van der Waals surface area contributed by atoms with Gasteiger partial charge in [-0.05, 0) is 49.6 Å². The summed E-state index contributed by atoms with van der Waals surface area (Å²) in [5.41, 5.74) is 5.15. The Labute approximate surface area is 183 Å². The van der Waals surface area contributed by atoms with Crippen LogP contribution < -0.4 is 10.6 Å². The molecule has 1 unspecified atom stereocenters. The lowest BCUT2D eigenvalue weighted by Gasteiger charge is -2.13. The van der Waals surface area contributed by atoms with E-state index in [4.69, 9.17) is 0 Å². The summed E-state index contributed by atoms with van der Waals surface area (Å²) < 4.78 is 1.97. The van der Waals surface area contributed by atoms with Gasteiger partial charge in [-0.25, -0.2) is 0 Å². The van der Waals surface area contributed by atoms with Crippen LogP contribution in [0.1, 0.15) is 35.0 Å². The van der Waals surface area contributed by atoms with Crippen LogP contribution in [-0.4, -0.2) is 27.6 Å². The maximum Gasteiger partial charge on any atom is 0.244 e. The molecule has 1 aromatic heterocycles. The molecule has 0 saturated carbocycles. The summed E-state index contributed by atoms with van der Waals surface area (Å²) in [5, 5.41) is 10.1. The van der Waals surface area contributed by atoms with E-state index in [1.165, 1.54) is 6.08 Å². The van der Waals surface area contributed by atoms with Gasteiger partial charge in [-0.3, -0.25) is 14.3 Å². The first-order valence-corrected chi connectivity index (χ1v) is 10.3. The molecule has 31 heavy (non-hydrogen) atoms. The van der Waals surface area contributed by atoms with Crippen LogP contribution in [0.25, 0.3) is 6.08 Å². The van der Waals surface area contributed by atoms with Gasteiger partial charge in [0.05, 0.1) is 12.2 Å². The summed E-state index contributed by atoms with van der Waals surface area (Å²) in [7, 11) is 0. The molecule has 0 saturated heterocycles. The van der Waals surface area contributed by atoms with Gasteiger partial charge in [0.15, 0.2) is 0 Å². The van der Waals surface area contributed by atoms with Crippen molar-refractivity contribution in [3.8, 4) is 0 Å². The molecule has 2 N–H and O–H groups in total. The van der Waals surface area contributed by atoms with Crippen molar-refractivity contribution in [3.05, 3.63) is 94.8 Å². The molecule has 0 aliphatic rings. The molecule has 3 rings (SSSR count). The Morgan fingerprint density at radius 3 is 2.48 bits per heavy atom. The summed E-state index contributed by atoms with van der Waals surface area (Å²) in [6, 6.07) is 19.0. The molecule has 160 valence electrons. The summed E-state index contributed by atoms with van der Waals surface area (Å²) in [6.07, 6.45) is 3.15. The first kappa shape index (κ1) is 22.0. The number of amides is 2. The fraction of sp³-hybridized carbons (Fsp3) is 0.240. The lowest BCUT2D eigenvalue weighted by Crippen LogP contribution is -2.44. The number of benzene rings is 2. The Morgan fingerprint density at radius 2 is 1.77 bits per heavy atom. The fourth-order valence-corrected chi connectivity index (χ4v) is 3.25. The van der Waals surface area contributed by atoms with Gasteiger partial charge in [0.25, 0.3) is 0 Å². The Kier molecular flexibility index (Phi) is 7.38. The van der Waals surface area contributed by atoms with E-state index in [-0.39, 0.29) is 11.8 Å². The van der Waals surface area contributed by atoms with E-state index in [1.807, 2.05) is 67.1 Å². The standard InChI is InChI=1S/C25H28N4O2/c1-18-14-19(2)29(28-18)17-23-11-7-10-22(15-23)16-26-25(31)20(3)27-24(30)13-12-21-8-5-4-6-9-21/h4-15,20H,16-17H2,1-3H3,(H,26,31)(H,27,30)/b13-12+. The number of nitrogens with zero attached hydrogens (tertiary/aromatic N) is 2. The molecule has 1 atom stereocenters. The minimum absolute atomic E-state index is 0.231. The van der Waals surface area contributed by atoms with Gasteiger partial charge in [0.1, 0.15) is 6.04 Å². The van der Waals surface area contributed by atoms with Crippen molar-refractivity contribution >= 4 is 17.9 Å². The molecular weight excluding hydrogens is 388 g/mol. The number of nitrogens with one attached hydrogen (secondary N) is 2. The number of aryl methyl sites for hydroxylation is 2. The first-order chi connectivity index (χ1) is 14.9. The molecule has 3 aromatic rings. The van der Waals surface area contributed by atoms with Crippen LogP contribution in [0.5, 0.6) is 0 Å². The predicted octanol–water partition coefficient (Wildman–Crippen LogP) is 3.38. The third kappa shape index (κ3) is 6.67. The highest BCUT2D eigenvalue weighted by atomic mass is 16.2. The molecule has 0 bridgehead atoms. The number of hydrogen-bond acceptors (Lipinski definition) is 3. The van der Waals surface area contributed by atoms with Gasteiger partial charge in [-0.2, -0.15) is 5.10 Å². The van der Waals surface area contributed by atoms with Crippen molar-refractivity contribution in [1.29, 1.82) is 0 Å². The Bertz CT molecular complexity index is 1070. The van der Waals surface area contributed by atoms with E-state index in [2.05, 4.69) is 27.9 Å². The molecule has 0 fully saturated rings. The molecule has 0 radical (unpaired) electrons. The van der Waals surface area contributed by atoms with Crippen LogP contribution in [-0.2, 0) is 22.7 Å². The normalized spacial score (nSPS) is 12.0. The van der Waals surface area contributed by atoms with Crippen LogP contribution in [0.3, 0.4) is 0 Å². The number of carbonyl (C=O) groups is 2. The van der Waals surface area contributed by atoms with Gasteiger partial charge in [0, 0.05) is 18.3 Å². The minimum Gasteiger partial charge on any atom is -0.350 e. The maximum absolute atomic E-state index is 12.4. The monoisotopic (exact) mass is 416 g/mol. The molecule has 2 amide bonds. The number of carbonyl (C=O) groups excluding carboxylic acids is 2. The van der Waals surface area contributed by atoms with Crippen molar-refractivity contribution in [2.24, 2.45) is 0 Å².